The molecule has 0 radical (unpaired) electrons. The van der Waals surface area contributed by atoms with E-state index in [1.807, 2.05) is 0 Å². The lowest BCUT2D eigenvalue weighted by Gasteiger charge is -2.28. The highest BCUT2D eigenvalue weighted by molar-refractivity contribution is 7.89. The summed E-state index contributed by atoms with van der Waals surface area (Å²) in [6, 6.07) is 0. The zero-order valence-electron chi connectivity index (χ0n) is 8.55. The van der Waals surface area contributed by atoms with Crippen molar-refractivity contribution in [2.45, 2.75) is 18.9 Å². The number of rotatable bonds is 3. The number of esters is 1. The van der Waals surface area contributed by atoms with Crippen LogP contribution in [0.2, 0.25) is 0 Å². The first kappa shape index (κ1) is 12.4. The molecule has 1 N–H and O–H groups in total. The third-order valence-corrected chi connectivity index (χ3v) is 4.10. The standard InChI is InChI=1S/C8H15NO5S/c1-14-8(11)6-15(12,13)9-4-2-7(10)3-5-9/h7,10H,2-6H2,1H3. The topological polar surface area (TPSA) is 83.9 Å². The number of nitrogens with zero attached hydrogens (tertiary/aromatic N) is 1. The maximum Gasteiger partial charge on any atom is 0.322 e. The zero-order valence-corrected chi connectivity index (χ0v) is 9.37. The lowest BCUT2D eigenvalue weighted by molar-refractivity contribution is -0.137. The van der Waals surface area contributed by atoms with E-state index in [0.717, 1.165) is 7.11 Å². The Bertz CT molecular complexity index is 318. The molecule has 0 aromatic heterocycles. The normalized spacial score (nSPS) is 20.1. The molecule has 1 aliphatic heterocycles. The molecule has 88 valence electrons. The van der Waals surface area contributed by atoms with Gasteiger partial charge in [-0.3, -0.25) is 4.79 Å². The Morgan fingerprint density at radius 1 is 1.47 bits per heavy atom. The van der Waals surface area contributed by atoms with Crippen LogP contribution in [0.5, 0.6) is 0 Å². The molecule has 0 aromatic carbocycles. The van der Waals surface area contributed by atoms with Crippen molar-refractivity contribution >= 4 is 16.0 Å². The van der Waals surface area contributed by atoms with Crippen LogP contribution in [0, 0.1) is 0 Å². The van der Waals surface area contributed by atoms with Gasteiger partial charge in [-0.05, 0) is 12.8 Å². The second-order valence-corrected chi connectivity index (χ2v) is 5.43. The number of carbonyl (C=O) groups is 1. The third kappa shape index (κ3) is 3.44. The summed E-state index contributed by atoms with van der Waals surface area (Å²) in [5.41, 5.74) is 0. The molecule has 0 spiro atoms. The van der Waals surface area contributed by atoms with Gasteiger partial charge in [0.15, 0.2) is 5.75 Å². The van der Waals surface area contributed by atoms with Crippen molar-refractivity contribution in [3.05, 3.63) is 0 Å². The van der Waals surface area contributed by atoms with E-state index in [0.29, 0.717) is 12.8 Å². The van der Waals surface area contributed by atoms with E-state index in [-0.39, 0.29) is 13.1 Å². The fourth-order valence-corrected chi connectivity index (χ4v) is 2.78. The molecule has 0 aliphatic carbocycles. The zero-order chi connectivity index (χ0) is 11.5. The number of aliphatic hydroxyl groups excluding tert-OH is 1. The molecule has 0 aromatic rings. The number of piperidine rings is 1. The van der Waals surface area contributed by atoms with Gasteiger partial charge in [-0.25, -0.2) is 12.7 Å². The summed E-state index contributed by atoms with van der Waals surface area (Å²) in [5, 5.41) is 9.21. The van der Waals surface area contributed by atoms with Crippen LogP contribution in [0.4, 0.5) is 0 Å². The molecular formula is C8H15NO5S. The smallest absolute Gasteiger partial charge is 0.322 e. The molecule has 15 heavy (non-hydrogen) atoms. The molecule has 0 bridgehead atoms. The maximum absolute atomic E-state index is 11.6. The number of hydrogen-bond donors (Lipinski definition) is 1. The van der Waals surface area contributed by atoms with Gasteiger partial charge in [-0.2, -0.15) is 0 Å². The van der Waals surface area contributed by atoms with E-state index in [4.69, 9.17) is 0 Å². The summed E-state index contributed by atoms with van der Waals surface area (Å²) in [6.07, 6.45) is 0.399. The highest BCUT2D eigenvalue weighted by Gasteiger charge is 2.29. The first-order chi connectivity index (χ1) is 6.95. The molecule has 0 saturated carbocycles. The van der Waals surface area contributed by atoms with Crippen molar-refractivity contribution in [3.63, 3.8) is 0 Å². The lowest BCUT2D eigenvalue weighted by atomic mass is 10.1. The molecular weight excluding hydrogens is 222 g/mol. The fourth-order valence-electron chi connectivity index (χ4n) is 1.42. The molecule has 1 aliphatic rings. The number of carbonyl (C=O) groups excluding carboxylic acids is 1. The van der Waals surface area contributed by atoms with Gasteiger partial charge in [0.05, 0.1) is 13.2 Å². The predicted octanol–water partition coefficient (Wildman–Crippen LogP) is -1.05. The second-order valence-electron chi connectivity index (χ2n) is 3.46. The van der Waals surface area contributed by atoms with Crippen molar-refractivity contribution in [1.82, 2.24) is 4.31 Å². The van der Waals surface area contributed by atoms with Crippen LogP contribution in [0.15, 0.2) is 0 Å². The van der Waals surface area contributed by atoms with Crippen LogP contribution in [0.1, 0.15) is 12.8 Å². The molecule has 0 amide bonds. The van der Waals surface area contributed by atoms with E-state index in [2.05, 4.69) is 4.74 Å². The average Bonchev–Trinajstić information content (AvgIpc) is 2.17. The SMILES string of the molecule is COC(=O)CS(=O)(=O)N1CCC(O)CC1. The summed E-state index contributed by atoms with van der Waals surface area (Å²) < 4.78 is 28.7. The first-order valence-corrected chi connectivity index (χ1v) is 6.29. The molecule has 1 heterocycles. The van der Waals surface area contributed by atoms with E-state index in [1.165, 1.54) is 4.31 Å². The van der Waals surface area contributed by atoms with E-state index < -0.39 is 27.8 Å². The minimum absolute atomic E-state index is 0.264. The van der Waals surface area contributed by atoms with Gasteiger partial charge in [0.1, 0.15) is 0 Å². The largest absolute Gasteiger partial charge is 0.468 e. The Morgan fingerprint density at radius 3 is 2.47 bits per heavy atom. The highest BCUT2D eigenvalue weighted by atomic mass is 32.2. The van der Waals surface area contributed by atoms with Gasteiger partial charge in [-0.15, -0.1) is 0 Å². The molecule has 0 atom stereocenters. The highest BCUT2D eigenvalue weighted by Crippen LogP contribution is 2.14. The minimum atomic E-state index is -3.57. The maximum atomic E-state index is 11.6. The van der Waals surface area contributed by atoms with Gasteiger partial charge < -0.3 is 9.84 Å². The predicted molar refractivity (Wildman–Crippen MR) is 52.6 cm³/mol. The van der Waals surface area contributed by atoms with Crippen LogP contribution in [-0.4, -0.2) is 55.9 Å². The van der Waals surface area contributed by atoms with E-state index in [1.54, 1.807) is 0 Å². The molecule has 1 saturated heterocycles. The van der Waals surface area contributed by atoms with Crippen LogP contribution in [-0.2, 0) is 19.6 Å². The van der Waals surface area contributed by atoms with Crippen molar-refractivity contribution < 1.29 is 23.1 Å². The summed E-state index contributed by atoms with van der Waals surface area (Å²) in [6.45, 7) is 0.529. The molecule has 7 heteroatoms. The first-order valence-electron chi connectivity index (χ1n) is 4.68. The van der Waals surface area contributed by atoms with Crippen LogP contribution in [0.3, 0.4) is 0 Å². The Hall–Kier alpha value is -0.660. The summed E-state index contributed by atoms with van der Waals surface area (Å²) in [7, 11) is -2.42. The number of methoxy groups -OCH3 is 1. The number of ether oxygens (including phenoxy) is 1. The lowest BCUT2D eigenvalue weighted by Crippen LogP contribution is -2.42. The van der Waals surface area contributed by atoms with Gasteiger partial charge in [-0.1, -0.05) is 0 Å². The van der Waals surface area contributed by atoms with Gasteiger partial charge in [0, 0.05) is 13.1 Å². The molecule has 0 unspecified atom stereocenters. The molecule has 1 rings (SSSR count). The molecule has 1 fully saturated rings. The van der Waals surface area contributed by atoms with E-state index in [9.17, 15) is 18.3 Å². The Labute approximate surface area is 88.9 Å². The Kier molecular flexibility index (Phi) is 4.06. The van der Waals surface area contributed by atoms with Crippen LogP contribution >= 0.6 is 0 Å². The third-order valence-electron chi connectivity index (χ3n) is 2.34. The fraction of sp³-hybridized carbons (Fsp3) is 0.875. The van der Waals surface area contributed by atoms with Crippen molar-refractivity contribution in [1.29, 1.82) is 0 Å². The quantitative estimate of drug-likeness (QED) is 0.633. The Morgan fingerprint density at radius 2 is 2.00 bits per heavy atom. The van der Waals surface area contributed by atoms with Gasteiger partial charge >= 0.3 is 5.97 Å². The summed E-state index contributed by atoms with van der Waals surface area (Å²) in [4.78, 5) is 10.9. The minimum Gasteiger partial charge on any atom is -0.468 e. The van der Waals surface area contributed by atoms with Gasteiger partial charge in [0.25, 0.3) is 0 Å². The Balaban J connectivity index is 2.58. The van der Waals surface area contributed by atoms with Crippen LogP contribution < -0.4 is 0 Å². The van der Waals surface area contributed by atoms with Gasteiger partial charge in [0.2, 0.25) is 10.0 Å². The van der Waals surface area contributed by atoms with Crippen molar-refractivity contribution in [3.8, 4) is 0 Å². The monoisotopic (exact) mass is 237 g/mol. The average molecular weight is 237 g/mol. The van der Waals surface area contributed by atoms with Crippen molar-refractivity contribution in [2.75, 3.05) is 26.0 Å². The molecule has 6 nitrogen and oxygen atoms in total. The van der Waals surface area contributed by atoms with Crippen molar-refractivity contribution in [2.24, 2.45) is 0 Å². The summed E-state index contributed by atoms with van der Waals surface area (Å²) >= 11 is 0. The van der Waals surface area contributed by atoms with Crippen LogP contribution in [0.25, 0.3) is 0 Å². The number of sulfonamides is 1. The van der Waals surface area contributed by atoms with E-state index >= 15 is 0 Å². The second kappa shape index (κ2) is 4.91. The number of aliphatic hydroxyl groups is 1. The summed E-state index contributed by atoms with van der Waals surface area (Å²) in [5.74, 6) is -1.39. The number of hydrogen-bond acceptors (Lipinski definition) is 5.